The third-order valence-corrected chi connectivity index (χ3v) is 6.45. The Morgan fingerprint density at radius 1 is 1.25 bits per heavy atom. The molecule has 4 N–H and O–H groups in total. The summed E-state index contributed by atoms with van der Waals surface area (Å²) in [5.74, 6) is -1.09. The molecular weight excluding hydrogens is 548 g/mol. The summed E-state index contributed by atoms with van der Waals surface area (Å²) in [7, 11) is 0. The molecule has 0 saturated heterocycles. The van der Waals surface area contributed by atoms with Crippen LogP contribution in [-0.4, -0.2) is 76.5 Å². The molecule has 1 aliphatic rings. The maximum atomic E-state index is 11.9. The summed E-state index contributed by atoms with van der Waals surface area (Å²) in [6.07, 6.45) is 5.99. The number of benzene rings is 1. The molecule has 1 aromatic carbocycles. The first-order chi connectivity index (χ1) is 19.0. The quantitative estimate of drug-likeness (QED) is 0.0698. The SMILES string of the molecule is CC(CO[N+](=O)[O-])OC(=O)CNC(=O)CCCC=CC[C@@H]1[C@@H](C=C[C@@H](O)COc2cccc(Cl)c2)[C@H](O)C[C@@H]1O. The lowest BCUT2D eigenvalue weighted by Gasteiger charge is -2.19. The van der Waals surface area contributed by atoms with Gasteiger partial charge >= 0.3 is 5.97 Å². The Balaban J connectivity index is 1.67. The zero-order valence-corrected chi connectivity index (χ0v) is 23.0. The highest BCUT2D eigenvalue weighted by atomic mass is 35.5. The number of aliphatic hydroxyl groups is 3. The van der Waals surface area contributed by atoms with Crippen LogP contribution < -0.4 is 10.1 Å². The third-order valence-electron chi connectivity index (χ3n) is 6.21. The fourth-order valence-corrected chi connectivity index (χ4v) is 4.41. The molecule has 1 aliphatic carbocycles. The van der Waals surface area contributed by atoms with E-state index in [-0.39, 0.29) is 43.7 Å². The second-order valence-electron chi connectivity index (χ2n) is 9.53. The Kier molecular flexibility index (Phi) is 14.4. The Bertz CT molecular complexity index is 1020. The van der Waals surface area contributed by atoms with E-state index in [9.17, 15) is 35.0 Å². The zero-order valence-electron chi connectivity index (χ0n) is 22.3. The van der Waals surface area contributed by atoms with Crippen molar-refractivity contribution in [2.24, 2.45) is 11.8 Å². The molecule has 0 radical (unpaired) electrons. The molecule has 1 fully saturated rings. The molecular formula is C27H37ClN2O10. The van der Waals surface area contributed by atoms with Crippen molar-refractivity contribution < 1.29 is 44.3 Å². The van der Waals surface area contributed by atoms with Gasteiger partial charge in [0, 0.05) is 23.8 Å². The summed E-state index contributed by atoms with van der Waals surface area (Å²) in [5, 5.41) is 43.2. The maximum absolute atomic E-state index is 11.9. The van der Waals surface area contributed by atoms with Gasteiger partial charge in [-0.25, -0.2) is 0 Å². The van der Waals surface area contributed by atoms with Crippen LogP contribution in [0.15, 0.2) is 48.6 Å². The van der Waals surface area contributed by atoms with E-state index < -0.39 is 42.1 Å². The van der Waals surface area contributed by atoms with Crippen molar-refractivity contribution in [2.75, 3.05) is 19.8 Å². The molecule has 13 heteroatoms. The number of carbonyl (C=O) groups is 2. The Labute approximate surface area is 237 Å². The smallest absolute Gasteiger partial charge is 0.325 e. The van der Waals surface area contributed by atoms with Crippen LogP contribution in [0.4, 0.5) is 0 Å². The average Bonchev–Trinajstić information content (AvgIpc) is 3.17. The van der Waals surface area contributed by atoms with Crippen LogP contribution in [0, 0.1) is 22.0 Å². The highest BCUT2D eigenvalue weighted by molar-refractivity contribution is 6.30. The first-order valence-corrected chi connectivity index (χ1v) is 13.4. The second kappa shape index (κ2) is 17.5. The summed E-state index contributed by atoms with van der Waals surface area (Å²) in [5.41, 5.74) is 0. The van der Waals surface area contributed by atoms with E-state index in [0.717, 1.165) is 0 Å². The minimum Gasteiger partial charge on any atom is -0.491 e. The number of hydrogen-bond acceptors (Lipinski definition) is 10. The van der Waals surface area contributed by atoms with Crippen molar-refractivity contribution in [3.8, 4) is 5.75 Å². The van der Waals surface area contributed by atoms with Gasteiger partial charge in [-0.1, -0.05) is 42.0 Å². The third kappa shape index (κ3) is 12.8. The molecule has 1 unspecified atom stereocenters. The number of aliphatic hydroxyl groups excluding tert-OH is 3. The van der Waals surface area contributed by atoms with Gasteiger partial charge in [0.2, 0.25) is 5.91 Å². The van der Waals surface area contributed by atoms with Gasteiger partial charge in [0.05, 0.1) is 12.2 Å². The lowest BCUT2D eigenvalue weighted by molar-refractivity contribution is -0.759. The van der Waals surface area contributed by atoms with Crippen molar-refractivity contribution in [2.45, 2.75) is 63.4 Å². The number of halogens is 1. The summed E-state index contributed by atoms with van der Waals surface area (Å²) in [6, 6.07) is 6.83. The number of ether oxygens (including phenoxy) is 2. The molecule has 0 aliphatic heterocycles. The van der Waals surface area contributed by atoms with E-state index in [2.05, 4.69) is 10.2 Å². The Morgan fingerprint density at radius 3 is 2.75 bits per heavy atom. The van der Waals surface area contributed by atoms with Crippen LogP contribution in [-0.2, 0) is 19.2 Å². The minimum absolute atomic E-state index is 0.0135. The maximum Gasteiger partial charge on any atom is 0.325 e. The Hall–Kier alpha value is -3.19. The number of rotatable bonds is 17. The van der Waals surface area contributed by atoms with Crippen LogP contribution in [0.3, 0.4) is 0 Å². The first kappa shape index (κ1) is 33.0. The van der Waals surface area contributed by atoms with Crippen LogP contribution in [0.1, 0.15) is 39.0 Å². The number of nitrogens with zero attached hydrogens (tertiary/aromatic N) is 1. The predicted octanol–water partition coefficient (Wildman–Crippen LogP) is 2.37. The summed E-state index contributed by atoms with van der Waals surface area (Å²) < 4.78 is 10.4. The molecule has 40 heavy (non-hydrogen) atoms. The molecule has 222 valence electrons. The number of carbonyl (C=O) groups excluding carboxylic acids is 2. The molecule has 0 heterocycles. The van der Waals surface area contributed by atoms with Gasteiger partial charge in [0.15, 0.2) is 0 Å². The summed E-state index contributed by atoms with van der Waals surface area (Å²) in [4.78, 5) is 37.8. The first-order valence-electron chi connectivity index (χ1n) is 13.0. The van der Waals surface area contributed by atoms with Crippen molar-refractivity contribution in [1.82, 2.24) is 5.32 Å². The molecule has 1 amide bonds. The molecule has 2 rings (SSSR count). The number of nitrogens with one attached hydrogen (secondary N) is 1. The van der Waals surface area contributed by atoms with E-state index in [4.69, 9.17) is 21.1 Å². The second-order valence-corrected chi connectivity index (χ2v) is 9.96. The monoisotopic (exact) mass is 584 g/mol. The normalized spacial score (nSPS) is 22.2. The molecule has 0 spiro atoms. The van der Waals surface area contributed by atoms with Crippen LogP contribution in [0.25, 0.3) is 0 Å². The van der Waals surface area contributed by atoms with Gasteiger partial charge in [-0.3, -0.25) is 9.59 Å². The van der Waals surface area contributed by atoms with Crippen molar-refractivity contribution in [3.05, 3.63) is 63.7 Å². The van der Waals surface area contributed by atoms with E-state index in [1.165, 1.54) is 6.92 Å². The van der Waals surface area contributed by atoms with Gasteiger partial charge in [-0.15, -0.1) is 10.1 Å². The molecule has 6 atom stereocenters. The van der Waals surface area contributed by atoms with Gasteiger partial charge in [-0.05, 0) is 50.3 Å². The Morgan fingerprint density at radius 2 is 2.02 bits per heavy atom. The molecule has 0 aromatic heterocycles. The minimum atomic E-state index is -0.983. The molecule has 12 nitrogen and oxygen atoms in total. The average molecular weight is 585 g/mol. The molecule has 1 saturated carbocycles. The van der Waals surface area contributed by atoms with Crippen molar-refractivity contribution >= 4 is 23.5 Å². The van der Waals surface area contributed by atoms with Gasteiger partial charge in [0.25, 0.3) is 5.09 Å². The fraction of sp³-hybridized carbons (Fsp3) is 0.556. The van der Waals surface area contributed by atoms with Gasteiger partial charge in [-0.2, -0.15) is 0 Å². The number of allylic oxidation sites excluding steroid dienone is 2. The van der Waals surface area contributed by atoms with E-state index >= 15 is 0 Å². The number of esters is 1. The largest absolute Gasteiger partial charge is 0.491 e. The number of amides is 1. The predicted molar refractivity (Wildman–Crippen MR) is 145 cm³/mol. The van der Waals surface area contributed by atoms with E-state index in [0.29, 0.717) is 30.0 Å². The lowest BCUT2D eigenvalue weighted by Crippen LogP contribution is -2.33. The zero-order chi connectivity index (χ0) is 29.5. The molecule has 0 bridgehead atoms. The van der Waals surface area contributed by atoms with Crippen molar-refractivity contribution in [1.29, 1.82) is 0 Å². The highest BCUT2D eigenvalue weighted by Crippen LogP contribution is 2.36. The molecule has 1 aromatic rings. The van der Waals surface area contributed by atoms with E-state index in [1.807, 2.05) is 12.2 Å². The van der Waals surface area contributed by atoms with E-state index in [1.54, 1.807) is 36.4 Å². The standard InChI is InChI=1S/C27H37ClN2O10/c1-18(16-39-30(36)37)40-27(35)15-29-26(34)10-5-3-2-4-9-22-23(25(33)14-24(22)32)12-11-20(31)17-38-21-8-6-7-19(28)13-21/h2,4,6-8,11-13,18,20,22-25,31-33H,3,5,9-10,14-17H2,1H3,(H,29,34)/t18?,20-,22-,23-,24+,25-/m1/s1. The van der Waals surface area contributed by atoms with Gasteiger partial charge in [0.1, 0.15) is 37.7 Å². The van der Waals surface area contributed by atoms with Gasteiger partial charge < -0.3 is 34.9 Å². The van der Waals surface area contributed by atoms with Crippen LogP contribution in [0.2, 0.25) is 5.02 Å². The topological polar surface area (TPSA) is 178 Å². The number of hydrogen-bond donors (Lipinski definition) is 4. The summed E-state index contributed by atoms with van der Waals surface area (Å²) in [6.45, 7) is 0.700. The van der Waals surface area contributed by atoms with Crippen LogP contribution >= 0.6 is 11.6 Å². The lowest BCUT2D eigenvalue weighted by atomic mass is 9.89. The summed E-state index contributed by atoms with van der Waals surface area (Å²) >= 11 is 5.92. The van der Waals surface area contributed by atoms with Crippen molar-refractivity contribution in [3.63, 3.8) is 0 Å². The number of unbranched alkanes of at least 4 members (excludes halogenated alkanes) is 1. The highest BCUT2D eigenvalue weighted by Gasteiger charge is 2.39. The van der Waals surface area contributed by atoms with Crippen LogP contribution in [0.5, 0.6) is 5.75 Å². The fourth-order valence-electron chi connectivity index (χ4n) is 4.23.